The normalized spacial score (nSPS) is 19.0. The lowest BCUT2D eigenvalue weighted by Crippen LogP contribution is -2.43. The van der Waals surface area contributed by atoms with Gasteiger partial charge in [-0.25, -0.2) is 14.2 Å². The van der Waals surface area contributed by atoms with Crippen LogP contribution in [0, 0.1) is 5.82 Å². The molecule has 43 heavy (non-hydrogen) atoms. The van der Waals surface area contributed by atoms with Gasteiger partial charge < -0.3 is 24.0 Å². The molecule has 1 aliphatic carbocycles. The van der Waals surface area contributed by atoms with Gasteiger partial charge >= 0.3 is 12.3 Å². The number of rotatable bonds is 9. The Bertz CT molecular complexity index is 1630. The van der Waals surface area contributed by atoms with Crippen LogP contribution in [0.2, 0.25) is 0 Å². The van der Waals surface area contributed by atoms with Crippen molar-refractivity contribution in [2.45, 2.75) is 63.6 Å². The molecule has 2 aliphatic rings. The molecule has 3 heterocycles. The summed E-state index contributed by atoms with van der Waals surface area (Å²) in [7, 11) is 0. The SMILES string of the molecule is C[C@@H]1C[C@H](OCc2c(-c3ccccc3OC(F)(F)F)noc2C2CC2)CCN1c1nc(-c2ccc(C(=O)O)c(F)c2)cs1. The molecule has 1 aliphatic heterocycles. The molecule has 1 saturated heterocycles. The lowest BCUT2D eigenvalue weighted by molar-refractivity contribution is -0.274. The summed E-state index contributed by atoms with van der Waals surface area (Å²) >= 11 is 1.42. The van der Waals surface area contributed by atoms with Gasteiger partial charge in [0, 0.05) is 40.6 Å². The number of aromatic carboxylic acids is 1. The first-order valence-electron chi connectivity index (χ1n) is 13.8. The number of thiazole rings is 1. The van der Waals surface area contributed by atoms with Gasteiger partial charge in [-0.3, -0.25) is 0 Å². The van der Waals surface area contributed by atoms with Crippen LogP contribution in [0.4, 0.5) is 22.7 Å². The van der Waals surface area contributed by atoms with Crippen LogP contribution >= 0.6 is 11.3 Å². The van der Waals surface area contributed by atoms with E-state index in [4.69, 9.17) is 14.4 Å². The maximum absolute atomic E-state index is 14.2. The number of carboxylic acids is 1. The standard InChI is InChI=1S/C30H27F4N3O5S/c1-16-12-19(10-11-37(16)29-35-24(15-43-29)18-8-9-20(28(38)39)23(31)13-18)40-14-22-26(36-42-27(22)17-6-7-17)21-4-2-3-5-25(21)41-30(32,33)34/h2-5,8-9,13,15-17,19H,6-7,10-12,14H2,1H3,(H,38,39)/t16-,19-/m1/s1. The smallest absolute Gasteiger partial charge is 0.478 e. The largest absolute Gasteiger partial charge is 0.573 e. The van der Waals surface area contributed by atoms with Crippen LogP contribution < -0.4 is 9.64 Å². The van der Waals surface area contributed by atoms with Crippen LogP contribution in [0.3, 0.4) is 0 Å². The molecule has 2 aromatic carbocycles. The summed E-state index contributed by atoms with van der Waals surface area (Å²) in [6.45, 7) is 2.85. The third-order valence-corrected chi connectivity index (χ3v) is 8.54. The van der Waals surface area contributed by atoms with E-state index in [9.17, 15) is 22.4 Å². The molecule has 1 saturated carbocycles. The van der Waals surface area contributed by atoms with Gasteiger partial charge in [0.05, 0.1) is 24.0 Å². The van der Waals surface area contributed by atoms with Crippen LogP contribution in [0.5, 0.6) is 5.75 Å². The number of anilines is 1. The fourth-order valence-corrected chi connectivity index (χ4v) is 6.32. The number of hydrogen-bond donors (Lipinski definition) is 1. The fraction of sp³-hybridized carbons (Fsp3) is 0.367. The van der Waals surface area contributed by atoms with E-state index in [2.05, 4.69) is 26.7 Å². The minimum atomic E-state index is -4.85. The van der Waals surface area contributed by atoms with Gasteiger partial charge in [0.1, 0.15) is 23.0 Å². The molecule has 13 heteroatoms. The summed E-state index contributed by atoms with van der Waals surface area (Å²) < 4.78 is 69.7. The van der Waals surface area contributed by atoms with E-state index in [1.807, 2.05) is 5.38 Å². The van der Waals surface area contributed by atoms with Gasteiger partial charge in [-0.05, 0) is 56.9 Å². The average Bonchev–Trinajstić information content (AvgIpc) is 3.52. The zero-order valence-electron chi connectivity index (χ0n) is 22.9. The number of alkyl halides is 3. The van der Waals surface area contributed by atoms with Crippen LogP contribution in [0.1, 0.15) is 60.2 Å². The maximum atomic E-state index is 14.2. The maximum Gasteiger partial charge on any atom is 0.573 e. The molecule has 0 spiro atoms. The molecular weight excluding hydrogens is 590 g/mol. The Kier molecular flexibility index (Phi) is 7.86. The van der Waals surface area contributed by atoms with Crippen LogP contribution in [-0.2, 0) is 11.3 Å². The van der Waals surface area contributed by atoms with Crippen molar-refractivity contribution in [3.8, 4) is 28.3 Å². The molecule has 6 rings (SSSR count). The molecule has 8 nitrogen and oxygen atoms in total. The zero-order chi connectivity index (χ0) is 30.3. The molecule has 0 bridgehead atoms. The predicted molar refractivity (Wildman–Crippen MR) is 150 cm³/mol. The molecule has 0 unspecified atom stereocenters. The van der Waals surface area contributed by atoms with Crippen molar-refractivity contribution in [2.24, 2.45) is 0 Å². The second-order valence-corrected chi connectivity index (χ2v) is 11.5. The number of aromatic nitrogens is 2. The van der Waals surface area contributed by atoms with Gasteiger partial charge in [0.15, 0.2) is 5.13 Å². The molecule has 0 amide bonds. The highest BCUT2D eigenvalue weighted by atomic mass is 32.1. The number of nitrogens with zero attached hydrogens (tertiary/aromatic N) is 3. The monoisotopic (exact) mass is 617 g/mol. The molecule has 0 radical (unpaired) electrons. The van der Waals surface area contributed by atoms with Gasteiger partial charge in [-0.2, -0.15) is 0 Å². The van der Waals surface area contributed by atoms with E-state index in [1.165, 1.54) is 47.7 Å². The van der Waals surface area contributed by atoms with E-state index in [1.54, 1.807) is 6.07 Å². The summed E-state index contributed by atoms with van der Waals surface area (Å²) in [4.78, 5) is 18.0. The van der Waals surface area contributed by atoms with Gasteiger partial charge in [-0.15, -0.1) is 24.5 Å². The first kappa shape index (κ1) is 29.1. The van der Waals surface area contributed by atoms with Crippen LogP contribution in [0.15, 0.2) is 52.4 Å². The second-order valence-electron chi connectivity index (χ2n) is 10.7. The van der Waals surface area contributed by atoms with Gasteiger partial charge in [0.2, 0.25) is 0 Å². The summed E-state index contributed by atoms with van der Waals surface area (Å²) in [5, 5.41) is 15.8. The molecule has 2 fully saturated rings. The Hall–Kier alpha value is -3.97. The minimum Gasteiger partial charge on any atom is -0.478 e. The molecular formula is C30H27F4N3O5S. The first-order valence-corrected chi connectivity index (χ1v) is 14.7. The highest BCUT2D eigenvalue weighted by Crippen LogP contribution is 2.46. The van der Waals surface area contributed by atoms with E-state index in [0.717, 1.165) is 18.0 Å². The Balaban J connectivity index is 1.14. The first-order chi connectivity index (χ1) is 20.6. The molecule has 226 valence electrons. The Morgan fingerprint density at radius 1 is 1.19 bits per heavy atom. The third kappa shape index (κ3) is 6.37. The van der Waals surface area contributed by atoms with Crippen molar-refractivity contribution in [2.75, 3.05) is 11.4 Å². The van der Waals surface area contributed by atoms with Crippen molar-refractivity contribution >= 4 is 22.4 Å². The van der Waals surface area contributed by atoms with Crippen molar-refractivity contribution in [3.63, 3.8) is 0 Å². The number of carbonyl (C=O) groups is 1. The van der Waals surface area contributed by atoms with E-state index >= 15 is 0 Å². The fourth-order valence-electron chi connectivity index (χ4n) is 5.36. The van der Waals surface area contributed by atoms with Crippen molar-refractivity contribution in [1.29, 1.82) is 0 Å². The highest BCUT2D eigenvalue weighted by Gasteiger charge is 2.36. The van der Waals surface area contributed by atoms with Gasteiger partial charge in [0.25, 0.3) is 0 Å². The minimum absolute atomic E-state index is 0.0645. The van der Waals surface area contributed by atoms with E-state index < -0.39 is 23.7 Å². The Morgan fingerprint density at radius 2 is 1.98 bits per heavy atom. The lowest BCUT2D eigenvalue weighted by atomic mass is 10.0. The highest BCUT2D eigenvalue weighted by molar-refractivity contribution is 7.14. The van der Waals surface area contributed by atoms with Crippen molar-refractivity contribution < 1.29 is 41.5 Å². The van der Waals surface area contributed by atoms with Crippen LogP contribution in [0.25, 0.3) is 22.5 Å². The number of ether oxygens (including phenoxy) is 2. The number of hydrogen-bond acceptors (Lipinski definition) is 8. The van der Waals surface area contributed by atoms with Crippen molar-refractivity contribution in [3.05, 3.63) is 70.5 Å². The van der Waals surface area contributed by atoms with Crippen LogP contribution in [-0.4, -0.2) is 46.3 Å². The third-order valence-electron chi connectivity index (χ3n) is 7.66. The lowest BCUT2D eigenvalue weighted by Gasteiger charge is -2.37. The summed E-state index contributed by atoms with van der Waals surface area (Å²) in [6.07, 6.45) is -1.74. The number of benzene rings is 2. The predicted octanol–water partition coefficient (Wildman–Crippen LogP) is 7.65. The molecule has 4 aromatic rings. The van der Waals surface area contributed by atoms with E-state index in [-0.39, 0.29) is 41.7 Å². The van der Waals surface area contributed by atoms with Gasteiger partial charge in [-0.1, -0.05) is 23.4 Å². The molecule has 1 N–H and O–H groups in total. The number of para-hydroxylation sites is 1. The Morgan fingerprint density at radius 3 is 2.67 bits per heavy atom. The Labute approximate surface area is 247 Å². The molecule has 2 atom stereocenters. The summed E-state index contributed by atoms with van der Waals surface area (Å²) in [5.74, 6) is -1.68. The van der Waals surface area contributed by atoms with Crippen molar-refractivity contribution in [1.82, 2.24) is 10.1 Å². The average molecular weight is 618 g/mol. The zero-order valence-corrected chi connectivity index (χ0v) is 23.8. The quantitative estimate of drug-likeness (QED) is 0.191. The number of piperidine rings is 1. The summed E-state index contributed by atoms with van der Waals surface area (Å²) in [5.41, 5.74) is 1.78. The molecule has 2 aromatic heterocycles. The van der Waals surface area contributed by atoms with E-state index in [0.29, 0.717) is 42.0 Å². The number of halogens is 4. The summed E-state index contributed by atoms with van der Waals surface area (Å²) in [6, 6.07) is 9.88. The number of carboxylic acid groups (broad SMARTS) is 1. The second kappa shape index (κ2) is 11.6. The topological polar surface area (TPSA) is 97.9 Å².